The Balaban J connectivity index is 1.55. The third kappa shape index (κ3) is 4.77. The van der Waals surface area contributed by atoms with Gasteiger partial charge in [-0.1, -0.05) is 42.2 Å². The monoisotopic (exact) mass is 405 g/mol. The number of nitrogens with zero attached hydrogens (tertiary/aromatic N) is 2. The average molecular weight is 405 g/mol. The van der Waals surface area contributed by atoms with Crippen LogP contribution < -0.4 is 5.32 Å². The standard InChI is InChI=1S/C26H19N3O2/c1-18-8-15-23(28-25(18)29-26(31)22-6-2-3-7-24(22)30)21-13-11-19(12-14-21)9-10-20-5-4-16-27-17-20/h2-8,11-17,30H,1H3,(H,28,29,31). The van der Waals surface area contributed by atoms with Crippen molar-refractivity contribution in [1.29, 1.82) is 0 Å². The third-order valence-corrected chi connectivity index (χ3v) is 4.67. The Hall–Kier alpha value is -4.43. The van der Waals surface area contributed by atoms with Gasteiger partial charge in [0, 0.05) is 29.1 Å². The van der Waals surface area contributed by atoms with Gasteiger partial charge in [0.05, 0.1) is 11.3 Å². The molecule has 0 unspecified atom stereocenters. The van der Waals surface area contributed by atoms with E-state index >= 15 is 0 Å². The van der Waals surface area contributed by atoms with E-state index in [1.54, 1.807) is 30.6 Å². The molecule has 150 valence electrons. The SMILES string of the molecule is Cc1ccc(-c2ccc(C#Cc3cccnc3)cc2)nc1NC(=O)c1ccccc1O. The van der Waals surface area contributed by atoms with Crippen molar-refractivity contribution in [3.05, 3.63) is 107 Å². The first-order valence-electron chi connectivity index (χ1n) is 9.69. The molecule has 0 spiro atoms. The van der Waals surface area contributed by atoms with Crippen LogP contribution in [0, 0.1) is 18.8 Å². The number of amides is 1. The van der Waals surface area contributed by atoms with E-state index in [1.165, 1.54) is 6.07 Å². The van der Waals surface area contributed by atoms with Crippen LogP contribution in [0.1, 0.15) is 27.0 Å². The normalized spacial score (nSPS) is 10.1. The van der Waals surface area contributed by atoms with Crippen LogP contribution in [0.3, 0.4) is 0 Å². The van der Waals surface area contributed by atoms with Crippen molar-refractivity contribution in [2.24, 2.45) is 0 Å². The molecule has 2 aromatic heterocycles. The number of aryl methyl sites for hydroxylation is 1. The van der Waals surface area contributed by atoms with Crippen LogP contribution in [0.15, 0.2) is 85.2 Å². The van der Waals surface area contributed by atoms with Crippen LogP contribution in [0.5, 0.6) is 5.75 Å². The number of phenols is 1. The number of aromatic nitrogens is 2. The van der Waals surface area contributed by atoms with Crippen LogP contribution in [-0.2, 0) is 0 Å². The van der Waals surface area contributed by atoms with E-state index < -0.39 is 5.91 Å². The summed E-state index contributed by atoms with van der Waals surface area (Å²) in [6, 6.07) is 21.7. The molecule has 0 aliphatic carbocycles. The number of carbonyl (C=O) groups is 1. The maximum atomic E-state index is 12.5. The fraction of sp³-hybridized carbons (Fsp3) is 0.0385. The molecule has 2 heterocycles. The third-order valence-electron chi connectivity index (χ3n) is 4.67. The molecule has 4 aromatic rings. The Morgan fingerprint density at radius 3 is 2.42 bits per heavy atom. The lowest BCUT2D eigenvalue weighted by atomic mass is 10.1. The fourth-order valence-corrected chi connectivity index (χ4v) is 2.96. The second-order valence-electron chi connectivity index (χ2n) is 6.90. The lowest BCUT2D eigenvalue weighted by Gasteiger charge is -2.10. The number of pyridine rings is 2. The van der Waals surface area contributed by atoms with Crippen LogP contribution in [-0.4, -0.2) is 21.0 Å². The smallest absolute Gasteiger partial charge is 0.260 e. The van der Waals surface area contributed by atoms with Crippen molar-refractivity contribution in [3.63, 3.8) is 0 Å². The molecule has 0 radical (unpaired) electrons. The first kappa shape index (κ1) is 19.9. The second-order valence-corrected chi connectivity index (χ2v) is 6.90. The largest absolute Gasteiger partial charge is 0.507 e. The molecule has 0 aliphatic rings. The lowest BCUT2D eigenvalue weighted by molar-refractivity contribution is 0.102. The summed E-state index contributed by atoms with van der Waals surface area (Å²) in [5.74, 6) is 6.17. The summed E-state index contributed by atoms with van der Waals surface area (Å²) in [6.45, 7) is 1.87. The summed E-state index contributed by atoms with van der Waals surface area (Å²) in [5, 5.41) is 12.7. The van der Waals surface area contributed by atoms with Gasteiger partial charge in [0.25, 0.3) is 5.91 Å². The number of phenolic OH excluding ortho intramolecular Hbond substituents is 1. The van der Waals surface area contributed by atoms with Crippen molar-refractivity contribution in [2.75, 3.05) is 5.32 Å². The molecule has 2 aromatic carbocycles. The molecule has 0 saturated heterocycles. The van der Waals surface area contributed by atoms with Crippen molar-refractivity contribution in [3.8, 4) is 28.8 Å². The predicted octanol–water partition coefficient (Wildman–Crippen LogP) is 4.81. The van der Waals surface area contributed by atoms with Gasteiger partial charge in [-0.15, -0.1) is 0 Å². The van der Waals surface area contributed by atoms with Crippen molar-refractivity contribution < 1.29 is 9.90 Å². The Labute approximate surface area is 180 Å². The van der Waals surface area contributed by atoms with Crippen LogP contribution in [0.4, 0.5) is 5.82 Å². The van der Waals surface area contributed by atoms with Crippen molar-refractivity contribution in [1.82, 2.24) is 9.97 Å². The highest BCUT2D eigenvalue weighted by molar-refractivity contribution is 6.06. The van der Waals surface area contributed by atoms with E-state index in [1.807, 2.05) is 55.5 Å². The molecule has 31 heavy (non-hydrogen) atoms. The van der Waals surface area contributed by atoms with Crippen LogP contribution in [0.2, 0.25) is 0 Å². The minimum atomic E-state index is -0.410. The molecule has 0 atom stereocenters. The van der Waals surface area contributed by atoms with Gasteiger partial charge in [0.2, 0.25) is 0 Å². The molecule has 0 saturated carbocycles. The van der Waals surface area contributed by atoms with Gasteiger partial charge in [-0.3, -0.25) is 9.78 Å². The Bertz CT molecular complexity index is 1290. The summed E-state index contributed by atoms with van der Waals surface area (Å²) >= 11 is 0. The maximum Gasteiger partial charge on any atom is 0.260 e. The van der Waals surface area contributed by atoms with E-state index in [-0.39, 0.29) is 11.3 Å². The zero-order valence-electron chi connectivity index (χ0n) is 16.8. The number of rotatable bonds is 3. The highest BCUT2D eigenvalue weighted by Crippen LogP contribution is 2.23. The van der Waals surface area contributed by atoms with Gasteiger partial charge in [-0.25, -0.2) is 4.98 Å². The summed E-state index contributed by atoms with van der Waals surface area (Å²) in [5.41, 5.74) is 4.40. The Morgan fingerprint density at radius 2 is 1.68 bits per heavy atom. The maximum absolute atomic E-state index is 12.5. The van der Waals surface area contributed by atoms with Gasteiger partial charge in [-0.05, 0) is 55.0 Å². The van der Waals surface area contributed by atoms with Gasteiger partial charge in [-0.2, -0.15) is 0 Å². The van der Waals surface area contributed by atoms with Crippen molar-refractivity contribution in [2.45, 2.75) is 6.92 Å². The minimum Gasteiger partial charge on any atom is -0.507 e. The van der Waals surface area contributed by atoms with Crippen molar-refractivity contribution >= 4 is 11.7 Å². The molecule has 5 nitrogen and oxygen atoms in total. The summed E-state index contributed by atoms with van der Waals surface area (Å²) < 4.78 is 0. The molecular weight excluding hydrogens is 386 g/mol. The number of para-hydroxylation sites is 1. The molecule has 2 N–H and O–H groups in total. The zero-order chi connectivity index (χ0) is 21.6. The number of aromatic hydroxyl groups is 1. The fourth-order valence-electron chi connectivity index (χ4n) is 2.96. The molecule has 0 fully saturated rings. The van der Waals surface area contributed by atoms with E-state index in [4.69, 9.17) is 0 Å². The molecule has 0 bridgehead atoms. The summed E-state index contributed by atoms with van der Waals surface area (Å²) in [6.07, 6.45) is 3.44. The molecular formula is C26H19N3O2. The summed E-state index contributed by atoms with van der Waals surface area (Å²) in [7, 11) is 0. The second kappa shape index (κ2) is 8.93. The molecule has 0 aliphatic heterocycles. The summed E-state index contributed by atoms with van der Waals surface area (Å²) in [4.78, 5) is 21.2. The highest BCUT2D eigenvalue weighted by Gasteiger charge is 2.13. The van der Waals surface area contributed by atoms with Gasteiger partial charge in [0.1, 0.15) is 11.6 Å². The Kier molecular flexibility index (Phi) is 5.72. The number of carbonyl (C=O) groups excluding carboxylic acids is 1. The highest BCUT2D eigenvalue weighted by atomic mass is 16.3. The molecule has 1 amide bonds. The number of hydrogen-bond donors (Lipinski definition) is 2. The van der Waals surface area contributed by atoms with Gasteiger partial charge in [0.15, 0.2) is 0 Å². The van der Waals surface area contributed by atoms with E-state index in [9.17, 15) is 9.90 Å². The molecule has 4 rings (SSSR count). The number of nitrogens with one attached hydrogen (secondary N) is 1. The lowest BCUT2D eigenvalue weighted by Crippen LogP contribution is -2.14. The zero-order valence-corrected chi connectivity index (χ0v) is 16.8. The van der Waals surface area contributed by atoms with Gasteiger partial charge < -0.3 is 10.4 Å². The first-order valence-corrected chi connectivity index (χ1v) is 9.69. The quantitative estimate of drug-likeness (QED) is 0.480. The van der Waals surface area contributed by atoms with Crippen LogP contribution >= 0.6 is 0 Å². The first-order chi connectivity index (χ1) is 15.1. The topological polar surface area (TPSA) is 75.1 Å². The van der Waals surface area contributed by atoms with E-state index in [0.29, 0.717) is 5.82 Å². The molecule has 5 heteroatoms. The van der Waals surface area contributed by atoms with E-state index in [0.717, 1.165) is 27.9 Å². The Morgan fingerprint density at radius 1 is 0.903 bits per heavy atom. The average Bonchev–Trinajstić information content (AvgIpc) is 2.80. The van der Waals surface area contributed by atoms with E-state index in [2.05, 4.69) is 27.1 Å². The van der Waals surface area contributed by atoms with Gasteiger partial charge >= 0.3 is 0 Å². The number of hydrogen-bond acceptors (Lipinski definition) is 4. The number of anilines is 1. The van der Waals surface area contributed by atoms with Crippen LogP contribution in [0.25, 0.3) is 11.3 Å². The predicted molar refractivity (Wildman–Crippen MR) is 121 cm³/mol. The minimum absolute atomic E-state index is 0.0724. The number of benzene rings is 2.